The maximum Gasteiger partial charge on any atom is 0.247 e. The Morgan fingerprint density at radius 2 is 2.10 bits per heavy atom. The average molecular weight is 581 g/mol. The van der Waals surface area contributed by atoms with Crippen LogP contribution in [0.1, 0.15) is 0 Å². The van der Waals surface area contributed by atoms with Gasteiger partial charge in [0.2, 0.25) is 11.8 Å². The van der Waals surface area contributed by atoms with Crippen molar-refractivity contribution in [3.05, 3.63) is 55.3 Å². The standard InChI is InChI=1S/C26H29FN10O3S/c1-35(2)6-3-4-23(38)37-8-9-40-14-20(37)25(39)29-5-7-36-16-33-18-12-30-22(10-19(18)36)34-26-31-13-21(41-26)24-17(27)11-28-15-32-24/h3-4,10-13,15-16,20H,5-9,14H2,1-2H3,(H,29,39)(H,30,31,34)/b4-3-/t20-/m0/s1. The second-order valence-corrected chi connectivity index (χ2v) is 10.5. The fourth-order valence-electron chi connectivity index (χ4n) is 4.21. The highest BCUT2D eigenvalue weighted by Gasteiger charge is 2.31. The lowest BCUT2D eigenvalue weighted by Crippen LogP contribution is -2.55. The van der Waals surface area contributed by atoms with E-state index in [0.717, 1.165) is 11.7 Å². The van der Waals surface area contributed by atoms with Crippen LogP contribution in [0.4, 0.5) is 15.3 Å². The average Bonchev–Trinajstić information content (AvgIpc) is 3.60. The summed E-state index contributed by atoms with van der Waals surface area (Å²) < 4.78 is 21.4. The quantitative estimate of drug-likeness (QED) is 0.266. The molecule has 0 aliphatic carbocycles. The number of nitrogens with zero attached hydrogens (tertiary/aromatic N) is 8. The van der Waals surface area contributed by atoms with Crippen LogP contribution in [0.3, 0.4) is 0 Å². The molecular weight excluding hydrogens is 551 g/mol. The lowest BCUT2D eigenvalue weighted by Gasteiger charge is -2.33. The van der Waals surface area contributed by atoms with E-state index in [1.807, 2.05) is 29.6 Å². The molecule has 1 atom stereocenters. The smallest absolute Gasteiger partial charge is 0.247 e. The van der Waals surface area contributed by atoms with Crippen molar-refractivity contribution in [1.29, 1.82) is 0 Å². The van der Waals surface area contributed by atoms with Gasteiger partial charge in [-0.3, -0.25) is 9.59 Å². The fraction of sp³-hybridized carbons (Fsp3) is 0.346. The fourth-order valence-corrected chi connectivity index (χ4v) is 5.04. The summed E-state index contributed by atoms with van der Waals surface area (Å²) in [5.74, 6) is -0.473. The number of hydrogen-bond acceptors (Lipinski definition) is 11. The molecule has 1 saturated heterocycles. The van der Waals surface area contributed by atoms with Gasteiger partial charge in [0.25, 0.3) is 0 Å². The highest BCUT2D eigenvalue weighted by molar-refractivity contribution is 7.18. The van der Waals surface area contributed by atoms with Gasteiger partial charge in [0, 0.05) is 44.5 Å². The van der Waals surface area contributed by atoms with Crippen LogP contribution >= 0.6 is 11.3 Å². The summed E-state index contributed by atoms with van der Waals surface area (Å²) in [4.78, 5) is 50.4. The van der Waals surface area contributed by atoms with Crippen molar-refractivity contribution in [2.45, 2.75) is 12.6 Å². The molecule has 2 amide bonds. The van der Waals surface area contributed by atoms with Gasteiger partial charge in [-0.2, -0.15) is 0 Å². The Balaban J connectivity index is 1.20. The van der Waals surface area contributed by atoms with Crippen molar-refractivity contribution in [1.82, 2.24) is 44.6 Å². The Bertz CT molecular complexity index is 1560. The Kier molecular flexibility index (Phi) is 8.86. The molecule has 0 aromatic carbocycles. The Morgan fingerprint density at radius 1 is 1.22 bits per heavy atom. The van der Waals surface area contributed by atoms with Gasteiger partial charge in [0.05, 0.1) is 42.3 Å². The van der Waals surface area contributed by atoms with Crippen LogP contribution < -0.4 is 10.6 Å². The number of carbonyl (C=O) groups is 2. The van der Waals surface area contributed by atoms with E-state index >= 15 is 0 Å². The molecule has 0 saturated carbocycles. The molecule has 15 heteroatoms. The second-order valence-electron chi connectivity index (χ2n) is 9.45. The molecular formula is C26H29FN10O3S. The Labute approximate surface area is 239 Å². The number of ether oxygens (including phenoxy) is 1. The number of halogens is 1. The van der Waals surface area contributed by atoms with Gasteiger partial charge >= 0.3 is 0 Å². The van der Waals surface area contributed by atoms with E-state index < -0.39 is 11.9 Å². The van der Waals surface area contributed by atoms with Crippen LogP contribution in [0, 0.1) is 5.82 Å². The molecule has 5 rings (SSSR count). The first kappa shape index (κ1) is 28.2. The third-order valence-electron chi connectivity index (χ3n) is 6.25. The first-order valence-electron chi connectivity index (χ1n) is 12.9. The van der Waals surface area contributed by atoms with E-state index in [4.69, 9.17) is 4.74 Å². The molecule has 5 heterocycles. The van der Waals surface area contributed by atoms with Crippen molar-refractivity contribution in [3.8, 4) is 10.6 Å². The number of thiazole rings is 1. The van der Waals surface area contributed by atoms with Crippen LogP contribution in [0.25, 0.3) is 21.6 Å². The first-order chi connectivity index (χ1) is 19.9. The van der Waals surface area contributed by atoms with Crippen molar-refractivity contribution >= 4 is 45.1 Å². The zero-order valence-electron chi connectivity index (χ0n) is 22.5. The number of anilines is 2. The molecule has 0 unspecified atom stereocenters. The lowest BCUT2D eigenvalue weighted by molar-refractivity contribution is -0.145. The lowest BCUT2D eigenvalue weighted by atomic mass is 10.2. The number of aromatic nitrogens is 6. The second kappa shape index (κ2) is 12.9. The van der Waals surface area contributed by atoms with Crippen LogP contribution in [0.2, 0.25) is 0 Å². The Hall–Kier alpha value is -4.34. The van der Waals surface area contributed by atoms with Gasteiger partial charge in [-0.25, -0.2) is 29.3 Å². The minimum absolute atomic E-state index is 0.149. The summed E-state index contributed by atoms with van der Waals surface area (Å²) in [6.45, 7) is 2.30. The number of hydrogen-bond donors (Lipinski definition) is 2. The van der Waals surface area contributed by atoms with E-state index in [9.17, 15) is 14.0 Å². The summed E-state index contributed by atoms with van der Waals surface area (Å²) in [5, 5.41) is 6.58. The van der Waals surface area contributed by atoms with Crippen molar-refractivity contribution < 1.29 is 18.7 Å². The zero-order valence-corrected chi connectivity index (χ0v) is 23.3. The van der Waals surface area contributed by atoms with Crippen LogP contribution in [-0.4, -0.2) is 104 Å². The maximum absolute atomic E-state index is 14.0. The number of nitrogens with one attached hydrogen (secondary N) is 2. The summed E-state index contributed by atoms with van der Waals surface area (Å²) in [6.07, 6.45) is 10.5. The number of morpholine rings is 1. The topological polar surface area (TPSA) is 143 Å². The molecule has 13 nitrogen and oxygen atoms in total. The molecule has 0 spiro atoms. The largest absolute Gasteiger partial charge is 0.377 e. The van der Waals surface area contributed by atoms with Crippen LogP contribution in [0.15, 0.2) is 49.5 Å². The number of fused-ring (bicyclic) bond motifs is 1. The molecule has 1 fully saturated rings. The summed E-state index contributed by atoms with van der Waals surface area (Å²) in [5.41, 5.74) is 1.67. The van der Waals surface area contributed by atoms with E-state index in [1.165, 1.54) is 29.9 Å². The molecule has 0 radical (unpaired) electrons. The minimum Gasteiger partial charge on any atom is -0.377 e. The molecule has 0 bridgehead atoms. The number of imidazole rings is 1. The summed E-state index contributed by atoms with van der Waals surface area (Å²) in [7, 11) is 3.83. The SMILES string of the molecule is CN(C)C/C=C\C(=O)N1CCOC[C@H]1C(=O)NCCn1cnc2cnc(Nc3ncc(-c4ncncc4F)s3)cc21. The number of amides is 2. The van der Waals surface area contributed by atoms with Crippen LogP contribution in [-0.2, 0) is 20.9 Å². The predicted octanol–water partition coefficient (Wildman–Crippen LogP) is 1.69. The Morgan fingerprint density at radius 3 is 2.93 bits per heavy atom. The monoisotopic (exact) mass is 580 g/mol. The molecule has 4 aromatic rings. The van der Waals surface area contributed by atoms with Gasteiger partial charge in [0.1, 0.15) is 29.4 Å². The van der Waals surface area contributed by atoms with E-state index in [1.54, 1.807) is 23.5 Å². The molecule has 1 aliphatic rings. The van der Waals surface area contributed by atoms with Gasteiger partial charge in [-0.05, 0) is 14.1 Å². The third-order valence-corrected chi connectivity index (χ3v) is 7.17. The van der Waals surface area contributed by atoms with E-state index in [0.29, 0.717) is 54.1 Å². The molecule has 2 N–H and O–H groups in total. The molecule has 41 heavy (non-hydrogen) atoms. The third kappa shape index (κ3) is 6.87. The van der Waals surface area contributed by atoms with Crippen LogP contribution in [0.5, 0.6) is 0 Å². The predicted molar refractivity (Wildman–Crippen MR) is 151 cm³/mol. The van der Waals surface area contributed by atoms with Gasteiger partial charge in [-0.1, -0.05) is 17.4 Å². The number of carbonyl (C=O) groups excluding carboxylic acids is 2. The maximum atomic E-state index is 14.0. The summed E-state index contributed by atoms with van der Waals surface area (Å²) in [6, 6.07) is 1.13. The van der Waals surface area contributed by atoms with Gasteiger partial charge < -0.3 is 29.7 Å². The first-order valence-corrected chi connectivity index (χ1v) is 13.7. The number of pyridine rings is 1. The van der Waals surface area contributed by atoms with Crippen molar-refractivity contribution in [2.75, 3.05) is 52.3 Å². The van der Waals surface area contributed by atoms with E-state index in [2.05, 4.69) is 35.6 Å². The zero-order chi connectivity index (χ0) is 28.8. The molecule has 214 valence electrons. The highest BCUT2D eigenvalue weighted by atomic mass is 32.1. The molecule has 1 aliphatic heterocycles. The molecule has 4 aromatic heterocycles. The number of likely N-dealkylation sites (N-methyl/N-ethyl adjacent to an activating group) is 1. The van der Waals surface area contributed by atoms with Gasteiger partial charge in [-0.15, -0.1) is 0 Å². The summed E-state index contributed by atoms with van der Waals surface area (Å²) >= 11 is 1.24. The highest BCUT2D eigenvalue weighted by Crippen LogP contribution is 2.30. The number of rotatable bonds is 10. The normalized spacial score (nSPS) is 15.6. The van der Waals surface area contributed by atoms with Gasteiger partial charge in [0.15, 0.2) is 10.9 Å². The van der Waals surface area contributed by atoms with Crippen molar-refractivity contribution in [2.24, 2.45) is 0 Å². The minimum atomic E-state index is -0.696. The van der Waals surface area contributed by atoms with E-state index in [-0.39, 0.29) is 24.1 Å². The van der Waals surface area contributed by atoms with Crippen molar-refractivity contribution in [3.63, 3.8) is 0 Å².